The van der Waals surface area contributed by atoms with Gasteiger partial charge in [-0.25, -0.2) is 4.57 Å². The number of benzene rings is 2. The Balaban J connectivity index is 1.87. The fraction of sp³-hybridized carbons (Fsp3) is 0.250. The minimum absolute atomic E-state index is 0.0321. The van der Waals surface area contributed by atoms with Crippen molar-refractivity contribution in [3.63, 3.8) is 0 Å². The van der Waals surface area contributed by atoms with Crippen molar-refractivity contribution in [1.29, 1.82) is 0 Å². The number of non-ortho nitro benzene ring substituents is 1. The highest BCUT2D eigenvalue weighted by Gasteiger charge is 2.30. The number of nitrogens with zero attached hydrogens (tertiary/aromatic N) is 3. The van der Waals surface area contributed by atoms with E-state index >= 15 is 0 Å². The van der Waals surface area contributed by atoms with Gasteiger partial charge in [-0.2, -0.15) is 0 Å². The Labute approximate surface area is 189 Å². The summed E-state index contributed by atoms with van der Waals surface area (Å²) in [5.41, 5.74) is 1.04. The van der Waals surface area contributed by atoms with E-state index in [1.807, 2.05) is 0 Å². The second-order valence-electron chi connectivity index (χ2n) is 6.36. The summed E-state index contributed by atoms with van der Waals surface area (Å²) < 4.78 is 33.9. The van der Waals surface area contributed by atoms with E-state index < -0.39 is 18.7 Å². The Morgan fingerprint density at radius 1 is 1.09 bits per heavy atom. The van der Waals surface area contributed by atoms with Crippen LogP contribution in [0.1, 0.15) is 19.4 Å². The van der Waals surface area contributed by atoms with E-state index in [1.165, 1.54) is 24.3 Å². The van der Waals surface area contributed by atoms with Crippen LogP contribution in [-0.4, -0.2) is 42.3 Å². The molecule has 1 amide bonds. The van der Waals surface area contributed by atoms with Gasteiger partial charge in [0, 0.05) is 17.7 Å². The predicted octanol–water partition coefficient (Wildman–Crippen LogP) is 3.93. The average Bonchev–Trinajstić information content (AvgIpc) is 3.11. The number of ether oxygens (including phenoxy) is 1. The third-order valence-electron chi connectivity index (χ3n) is 4.11. The molecule has 0 spiro atoms. The second-order valence-corrected chi connectivity index (χ2v) is 7.95. The number of anilines is 1. The Kier molecular flexibility index (Phi) is 7.88. The number of phosphoric ester groups is 1. The van der Waals surface area contributed by atoms with E-state index in [4.69, 9.17) is 18.3 Å². The molecule has 2 aromatic rings. The number of carbonyl (C=O) groups excluding carboxylic acids is 1. The molecular weight excluding hydrogens is 455 g/mol. The van der Waals surface area contributed by atoms with Gasteiger partial charge >= 0.3 is 7.82 Å². The first-order valence-electron chi connectivity index (χ1n) is 9.86. The topological polar surface area (TPSA) is 151 Å². The maximum absolute atomic E-state index is 12.8. The number of hydrogen-bond donors (Lipinski definition) is 1. The SMILES string of the molecule is CCOP(=O)(OCC)O/C(COc1ccc([N+](=O)[O-])cc1)=N/N=C1\C(=O)Nc2ccccc21. The summed E-state index contributed by atoms with van der Waals surface area (Å²) in [5, 5.41) is 21.4. The van der Waals surface area contributed by atoms with Crippen LogP contribution in [0.2, 0.25) is 0 Å². The van der Waals surface area contributed by atoms with Gasteiger partial charge in [-0.1, -0.05) is 18.2 Å². The molecule has 0 aromatic heterocycles. The third-order valence-corrected chi connectivity index (χ3v) is 5.69. The molecule has 3 rings (SSSR count). The quantitative estimate of drug-likeness (QED) is 0.178. The molecule has 0 saturated heterocycles. The summed E-state index contributed by atoms with van der Waals surface area (Å²) >= 11 is 0. The first-order chi connectivity index (χ1) is 15.8. The van der Waals surface area contributed by atoms with Crippen molar-refractivity contribution in [2.45, 2.75) is 13.8 Å². The standard InChI is InChI=1S/C20H21N4O8P/c1-3-30-33(28,31-4-2)32-18(13-29-15-11-9-14(10-12-15)24(26)27)22-23-19-16-7-5-6-8-17(16)21-20(19)25/h5-12H,3-4,13H2,1-2H3,(H,21,23,25)/b22-18+. The summed E-state index contributed by atoms with van der Waals surface area (Å²) in [6.07, 6.45) is 0. The normalized spacial score (nSPS) is 14.7. The van der Waals surface area contributed by atoms with Crippen LogP contribution in [0.15, 0.2) is 58.7 Å². The number of hydrogen-bond acceptors (Lipinski definition) is 10. The van der Waals surface area contributed by atoms with Crippen molar-refractivity contribution in [2.75, 3.05) is 25.1 Å². The molecule has 0 aliphatic carbocycles. The zero-order valence-electron chi connectivity index (χ0n) is 17.8. The molecule has 0 fully saturated rings. The van der Waals surface area contributed by atoms with E-state index in [-0.39, 0.29) is 42.9 Å². The number of nitro groups is 1. The van der Waals surface area contributed by atoms with Gasteiger partial charge in [0.2, 0.25) is 0 Å². The molecule has 174 valence electrons. The van der Waals surface area contributed by atoms with Gasteiger partial charge in [0.15, 0.2) is 12.3 Å². The number of nitrogens with one attached hydrogen (secondary N) is 1. The third kappa shape index (κ3) is 6.22. The maximum Gasteiger partial charge on any atom is 0.531 e. The van der Waals surface area contributed by atoms with Gasteiger partial charge in [-0.05, 0) is 32.0 Å². The van der Waals surface area contributed by atoms with Crippen LogP contribution in [0.3, 0.4) is 0 Å². The number of para-hydroxylation sites is 1. The van der Waals surface area contributed by atoms with Crippen molar-refractivity contribution >= 4 is 36.7 Å². The van der Waals surface area contributed by atoms with E-state index in [0.717, 1.165) is 0 Å². The van der Waals surface area contributed by atoms with Gasteiger partial charge in [-0.3, -0.25) is 24.0 Å². The molecule has 0 bridgehead atoms. The number of fused-ring (bicyclic) bond motifs is 1. The maximum atomic E-state index is 12.8. The summed E-state index contributed by atoms with van der Waals surface area (Å²) in [5.74, 6) is -0.493. The van der Waals surface area contributed by atoms with E-state index in [0.29, 0.717) is 11.3 Å². The highest BCUT2D eigenvalue weighted by molar-refractivity contribution is 7.49. The smallest absolute Gasteiger partial charge is 0.484 e. The molecule has 2 aromatic carbocycles. The van der Waals surface area contributed by atoms with Crippen LogP contribution in [0.5, 0.6) is 5.75 Å². The second kappa shape index (κ2) is 10.8. The van der Waals surface area contributed by atoms with E-state index in [2.05, 4.69) is 15.5 Å². The molecular formula is C20H21N4O8P. The number of phosphoric acid groups is 1. The van der Waals surface area contributed by atoms with Crippen molar-refractivity contribution in [3.8, 4) is 5.75 Å². The summed E-state index contributed by atoms with van der Waals surface area (Å²) in [4.78, 5) is 22.5. The monoisotopic (exact) mass is 476 g/mol. The molecule has 33 heavy (non-hydrogen) atoms. The Morgan fingerprint density at radius 2 is 1.76 bits per heavy atom. The number of rotatable bonds is 10. The zero-order chi connectivity index (χ0) is 23.8. The minimum atomic E-state index is -4.03. The van der Waals surface area contributed by atoms with Gasteiger partial charge in [0.25, 0.3) is 17.5 Å². The molecule has 1 N–H and O–H groups in total. The first-order valence-corrected chi connectivity index (χ1v) is 11.3. The molecule has 1 aliphatic heterocycles. The van der Waals surface area contributed by atoms with Gasteiger partial charge in [0.1, 0.15) is 5.75 Å². The van der Waals surface area contributed by atoms with E-state index in [1.54, 1.807) is 38.1 Å². The van der Waals surface area contributed by atoms with Gasteiger partial charge < -0.3 is 14.6 Å². The molecule has 0 radical (unpaired) electrons. The van der Waals surface area contributed by atoms with Crippen molar-refractivity contribution in [3.05, 3.63) is 64.2 Å². The molecule has 12 nitrogen and oxygen atoms in total. The van der Waals surface area contributed by atoms with Crippen molar-refractivity contribution in [1.82, 2.24) is 0 Å². The average molecular weight is 476 g/mol. The van der Waals surface area contributed by atoms with Crippen LogP contribution in [0.25, 0.3) is 0 Å². The van der Waals surface area contributed by atoms with Crippen LogP contribution in [0.4, 0.5) is 11.4 Å². The molecule has 0 unspecified atom stereocenters. The number of amides is 1. The minimum Gasteiger partial charge on any atom is -0.484 e. The van der Waals surface area contributed by atoms with Gasteiger partial charge in [0.05, 0.1) is 23.8 Å². The molecule has 13 heteroatoms. The molecule has 1 aliphatic rings. The summed E-state index contributed by atoms with van der Waals surface area (Å²) in [6.45, 7) is 2.93. The molecule has 0 saturated carbocycles. The fourth-order valence-corrected chi connectivity index (χ4v) is 3.89. The number of nitro benzene ring substituents is 1. The van der Waals surface area contributed by atoms with E-state index in [9.17, 15) is 19.5 Å². The van der Waals surface area contributed by atoms with Crippen molar-refractivity contribution < 1.29 is 32.6 Å². The van der Waals surface area contributed by atoms with Crippen molar-refractivity contribution in [2.24, 2.45) is 10.2 Å². The zero-order valence-corrected chi connectivity index (χ0v) is 18.7. The van der Waals surface area contributed by atoms with Crippen LogP contribution < -0.4 is 10.1 Å². The Morgan fingerprint density at radius 3 is 2.39 bits per heavy atom. The summed E-state index contributed by atoms with van der Waals surface area (Å²) in [7, 11) is -4.03. The first kappa shape index (κ1) is 24.1. The Hall–Kier alpha value is -3.60. The lowest BCUT2D eigenvalue weighted by Crippen LogP contribution is -2.17. The lowest BCUT2D eigenvalue weighted by molar-refractivity contribution is -0.384. The molecule has 0 atom stereocenters. The van der Waals surface area contributed by atoms with Crippen LogP contribution in [-0.2, 0) is 22.9 Å². The fourth-order valence-electron chi connectivity index (χ4n) is 2.73. The number of carbonyl (C=O) groups is 1. The lowest BCUT2D eigenvalue weighted by Gasteiger charge is -2.17. The highest BCUT2D eigenvalue weighted by Crippen LogP contribution is 2.49. The van der Waals surface area contributed by atoms with Crippen LogP contribution in [0, 0.1) is 10.1 Å². The summed E-state index contributed by atoms with van der Waals surface area (Å²) in [6, 6.07) is 12.2. The highest BCUT2D eigenvalue weighted by atomic mass is 31.2. The largest absolute Gasteiger partial charge is 0.531 e. The van der Waals surface area contributed by atoms with Crippen LogP contribution >= 0.6 is 7.82 Å². The Bertz CT molecular complexity index is 1120. The predicted molar refractivity (Wildman–Crippen MR) is 120 cm³/mol. The lowest BCUT2D eigenvalue weighted by atomic mass is 10.1. The van der Waals surface area contributed by atoms with Gasteiger partial charge in [-0.15, -0.1) is 10.2 Å². The molecule has 1 heterocycles.